The van der Waals surface area contributed by atoms with Crippen molar-refractivity contribution < 1.29 is 29.2 Å². The highest BCUT2D eigenvalue weighted by Gasteiger charge is 2.23. The number of ether oxygens (including phenoxy) is 1. The maximum Gasteiger partial charge on any atom is 0.326 e. The monoisotopic (exact) mass is 531 g/mol. The number of esters is 1. The Bertz CT molecular complexity index is 1530. The number of carbonyl (C=O) groups excluding carboxylic acids is 2. The third-order valence-corrected chi connectivity index (χ3v) is 5.81. The smallest absolute Gasteiger partial charge is 0.326 e. The van der Waals surface area contributed by atoms with Crippen LogP contribution in [0.1, 0.15) is 22.8 Å². The van der Waals surface area contributed by atoms with Crippen molar-refractivity contribution in [1.29, 1.82) is 0 Å². The van der Waals surface area contributed by atoms with E-state index >= 15 is 0 Å². The van der Waals surface area contributed by atoms with Crippen LogP contribution >= 0.6 is 0 Å². The summed E-state index contributed by atoms with van der Waals surface area (Å²) in [6.45, 7) is 1.69. The Hall–Kier alpha value is -5.26. The van der Waals surface area contributed by atoms with Crippen LogP contribution in [-0.4, -0.2) is 56.5 Å². The van der Waals surface area contributed by atoms with Gasteiger partial charge in [-0.3, -0.25) is 24.1 Å². The van der Waals surface area contributed by atoms with Crippen LogP contribution in [0.25, 0.3) is 16.9 Å². The number of non-ortho nitro benzene ring substituents is 1. The van der Waals surface area contributed by atoms with Gasteiger partial charge in [0.2, 0.25) is 0 Å². The molecule has 3 N–H and O–H groups in total. The summed E-state index contributed by atoms with van der Waals surface area (Å²) in [4.78, 5) is 52.2. The number of fused-ring (bicyclic) bond motifs is 1. The van der Waals surface area contributed by atoms with Gasteiger partial charge in [-0.05, 0) is 24.6 Å². The number of carboxylic acid groups (broad SMARTS) is 1. The first-order chi connectivity index (χ1) is 18.8. The van der Waals surface area contributed by atoms with Crippen molar-refractivity contribution in [3.63, 3.8) is 0 Å². The molecule has 12 nitrogen and oxygen atoms in total. The summed E-state index contributed by atoms with van der Waals surface area (Å²) in [5, 5.41) is 26.5. The van der Waals surface area contributed by atoms with Gasteiger partial charge in [0.05, 0.1) is 11.5 Å². The minimum absolute atomic E-state index is 0.104. The van der Waals surface area contributed by atoms with E-state index in [0.29, 0.717) is 22.7 Å². The van der Waals surface area contributed by atoms with E-state index in [1.165, 1.54) is 30.3 Å². The summed E-state index contributed by atoms with van der Waals surface area (Å²) in [6.07, 6.45) is 1.64. The molecule has 1 amide bonds. The van der Waals surface area contributed by atoms with E-state index < -0.39 is 28.8 Å². The van der Waals surface area contributed by atoms with Gasteiger partial charge in [0.15, 0.2) is 0 Å². The Morgan fingerprint density at radius 1 is 1.10 bits per heavy atom. The highest BCUT2D eigenvalue weighted by atomic mass is 16.6. The first-order valence-electron chi connectivity index (χ1n) is 12.0. The SMILES string of the molecule is CCOC(=O)CNc1c(-c2cccc([N+](=O)[O-])c2)nc2cc(C(=O)NC(Cc3ccccc3)C(=O)O)ccn12. The summed E-state index contributed by atoms with van der Waals surface area (Å²) in [5.41, 5.74) is 1.80. The summed E-state index contributed by atoms with van der Waals surface area (Å²) in [5.74, 6) is -1.93. The second-order valence-electron chi connectivity index (χ2n) is 8.47. The molecule has 0 saturated carbocycles. The van der Waals surface area contributed by atoms with Crippen molar-refractivity contribution in [3.05, 3.63) is 94.2 Å². The number of benzene rings is 2. The number of nitro benzene ring substituents is 1. The zero-order valence-electron chi connectivity index (χ0n) is 20.9. The van der Waals surface area contributed by atoms with Crippen molar-refractivity contribution in [3.8, 4) is 11.3 Å². The molecule has 1 unspecified atom stereocenters. The lowest BCUT2D eigenvalue weighted by atomic mass is 10.1. The van der Waals surface area contributed by atoms with Crippen LogP contribution in [0.4, 0.5) is 11.5 Å². The van der Waals surface area contributed by atoms with Crippen LogP contribution in [0.2, 0.25) is 0 Å². The molecular formula is C27H25N5O7. The third kappa shape index (κ3) is 6.36. The molecule has 0 aliphatic heterocycles. The van der Waals surface area contributed by atoms with Crippen molar-refractivity contribution in [2.45, 2.75) is 19.4 Å². The summed E-state index contributed by atoms with van der Waals surface area (Å²) in [7, 11) is 0. The molecule has 0 aliphatic rings. The maximum atomic E-state index is 13.0. The fourth-order valence-electron chi connectivity index (χ4n) is 3.98. The molecule has 4 aromatic rings. The number of imidazole rings is 1. The van der Waals surface area contributed by atoms with Crippen molar-refractivity contribution in [1.82, 2.24) is 14.7 Å². The Balaban J connectivity index is 1.67. The number of carboxylic acids is 1. The van der Waals surface area contributed by atoms with Crippen molar-refractivity contribution in [2.24, 2.45) is 0 Å². The number of nitrogens with zero attached hydrogens (tertiary/aromatic N) is 3. The molecule has 0 spiro atoms. The fourth-order valence-corrected chi connectivity index (χ4v) is 3.98. The van der Waals surface area contributed by atoms with E-state index in [4.69, 9.17) is 4.74 Å². The van der Waals surface area contributed by atoms with Gasteiger partial charge in [0.1, 0.15) is 29.7 Å². The molecular weight excluding hydrogens is 506 g/mol. The minimum Gasteiger partial charge on any atom is -0.480 e. The highest BCUT2D eigenvalue weighted by Crippen LogP contribution is 2.31. The Morgan fingerprint density at radius 3 is 2.56 bits per heavy atom. The molecule has 200 valence electrons. The number of aromatic nitrogens is 2. The normalized spacial score (nSPS) is 11.5. The highest BCUT2D eigenvalue weighted by molar-refractivity contribution is 5.97. The topological polar surface area (TPSA) is 165 Å². The number of anilines is 1. The Morgan fingerprint density at radius 2 is 1.87 bits per heavy atom. The first kappa shape index (κ1) is 26.8. The number of aliphatic carboxylic acids is 1. The zero-order valence-corrected chi connectivity index (χ0v) is 20.9. The largest absolute Gasteiger partial charge is 0.480 e. The van der Waals surface area contributed by atoms with Gasteiger partial charge in [-0.15, -0.1) is 0 Å². The molecule has 0 radical (unpaired) electrons. The molecule has 4 rings (SSSR count). The average Bonchev–Trinajstić information content (AvgIpc) is 3.30. The van der Waals surface area contributed by atoms with Crippen LogP contribution in [0.3, 0.4) is 0 Å². The minimum atomic E-state index is -1.17. The van der Waals surface area contributed by atoms with Gasteiger partial charge >= 0.3 is 11.9 Å². The van der Waals surface area contributed by atoms with Crippen molar-refractivity contribution >= 4 is 35.0 Å². The van der Waals surface area contributed by atoms with E-state index in [1.54, 1.807) is 47.9 Å². The Labute approximate surface area is 222 Å². The van der Waals surface area contributed by atoms with E-state index in [-0.39, 0.29) is 30.8 Å². The molecule has 0 saturated heterocycles. The van der Waals surface area contributed by atoms with Gasteiger partial charge in [-0.1, -0.05) is 42.5 Å². The van der Waals surface area contributed by atoms with Crippen LogP contribution in [0.5, 0.6) is 0 Å². The van der Waals surface area contributed by atoms with Crippen LogP contribution < -0.4 is 10.6 Å². The predicted molar refractivity (Wildman–Crippen MR) is 141 cm³/mol. The molecule has 0 bridgehead atoms. The van der Waals surface area contributed by atoms with Gasteiger partial charge in [0, 0.05) is 35.9 Å². The van der Waals surface area contributed by atoms with Crippen molar-refractivity contribution in [2.75, 3.05) is 18.5 Å². The summed E-state index contributed by atoms with van der Waals surface area (Å²) in [6, 6.07) is 16.6. The lowest BCUT2D eigenvalue weighted by Crippen LogP contribution is -2.42. The van der Waals surface area contributed by atoms with Crippen LogP contribution in [0, 0.1) is 10.1 Å². The Kier molecular flexibility index (Phi) is 8.15. The van der Waals surface area contributed by atoms with E-state index in [0.717, 1.165) is 5.56 Å². The lowest BCUT2D eigenvalue weighted by Gasteiger charge is -2.15. The van der Waals surface area contributed by atoms with Crippen LogP contribution in [0.15, 0.2) is 72.9 Å². The zero-order chi connectivity index (χ0) is 27.9. The number of carbonyl (C=O) groups is 3. The molecule has 1 atom stereocenters. The number of hydrogen-bond acceptors (Lipinski definition) is 8. The molecule has 12 heteroatoms. The number of amides is 1. The van der Waals surface area contributed by atoms with E-state index in [2.05, 4.69) is 15.6 Å². The number of pyridine rings is 1. The quantitative estimate of drug-likeness (QED) is 0.150. The fraction of sp³-hybridized carbons (Fsp3) is 0.185. The second-order valence-corrected chi connectivity index (χ2v) is 8.47. The third-order valence-electron chi connectivity index (χ3n) is 5.81. The standard InChI is InChI=1S/C27H25N5O7/c1-2-39-23(33)16-28-25-24(18-9-6-10-20(14-18)32(37)38)30-22-15-19(11-12-31(22)25)26(34)29-21(27(35)36)13-17-7-4-3-5-8-17/h3-12,14-15,21,28H,2,13,16H2,1H3,(H,29,34)(H,35,36). The van der Waals surface area contributed by atoms with E-state index in [9.17, 15) is 29.6 Å². The summed E-state index contributed by atoms with van der Waals surface area (Å²) >= 11 is 0. The molecule has 2 aromatic heterocycles. The number of hydrogen-bond donors (Lipinski definition) is 3. The first-order valence-corrected chi connectivity index (χ1v) is 12.0. The summed E-state index contributed by atoms with van der Waals surface area (Å²) < 4.78 is 6.56. The maximum absolute atomic E-state index is 13.0. The van der Waals surface area contributed by atoms with E-state index in [1.807, 2.05) is 6.07 Å². The number of nitrogens with one attached hydrogen (secondary N) is 2. The molecule has 2 aromatic carbocycles. The molecule has 2 heterocycles. The van der Waals surface area contributed by atoms with Gasteiger partial charge in [-0.2, -0.15) is 0 Å². The number of nitro groups is 1. The number of rotatable bonds is 11. The van der Waals surface area contributed by atoms with Crippen LogP contribution in [-0.2, 0) is 20.7 Å². The van der Waals surface area contributed by atoms with Gasteiger partial charge in [-0.25, -0.2) is 9.78 Å². The predicted octanol–water partition coefficient (Wildman–Crippen LogP) is 3.31. The average molecular weight is 532 g/mol. The van der Waals surface area contributed by atoms with Gasteiger partial charge < -0.3 is 20.5 Å². The molecule has 0 aliphatic carbocycles. The molecule has 39 heavy (non-hydrogen) atoms. The van der Waals surface area contributed by atoms with Gasteiger partial charge in [0.25, 0.3) is 11.6 Å². The second kappa shape index (κ2) is 11.9. The lowest BCUT2D eigenvalue weighted by molar-refractivity contribution is -0.384. The molecule has 0 fully saturated rings.